The molecule has 0 saturated carbocycles. The lowest BCUT2D eigenvalue weighted by atomic mass is 10.1. The van der Waals surface area contributed by atoms with Crippen molar-refractivity contribution in [1.29, 1.82) is 5.26 Å². The third-order valence-electron chi connectivity index (χ3n) is 4.48. The number of nitriles is 1. The molecule has 1 amide bonds. The van der Waals surface area contributed by atoms with Crippen LogP contribution in [0, 0.1) is 33.2 Å². The van der Waals surface area contributed by atoms with Crippen molar-refractivity contribution in [2.24, 2.45) is 5.92 Å². The van der Waals surface area contributed by atoms with E-state index in [1.54, 1.807) is 6.92 Å². The van der Waals surface area contributed by atoms with Crippen LogP contribution < -0.4 is 14.4 Å². The first-order valence-electron chi connectivity index (χ1n) is 8.97. The van der Waals surface area contributed by atoms with Crippen molar-refractivity contribution in [1.82, 2.24) is 0 Å². The molecule has 0 aliphatic carbocycles. The zero-order valence-electron chi connectivity index (χ0n) is 15.8. The van der Waals surface area contributed by atoms with Crippen molar-refractivity contribution in [3.05, 3.63) is 57.9 Å². The summed E-state index contributed by atoms with van der Waals surface area (Å²) in [6, 6.07) is 9.39. The molecule has 1 unspecified atom stereocenters. The SMILES string of the molecule is CCOc1cc(C#N)ccc1OC(=O)C1CC(=O)N(c2ccc(F)c([N+](=O)[O-])c2)C1. The maximum Gasteiger partial charge on any atom is 0.316 e. The van der Waals surface area contributed by atoms with Gasteiger partial charge in [0, 0.05) is 25.1 Å². The van der Waals surface area contributed by atoms with Gasteiger partial charge in [-0.2, -0.15) is 9.65 Å². The van der Waals surface area contributed by atoms with E-state index in [2.05, 4.69) is 0 Å². The number of nitro groups is 1. The molecule has 10 heteroatoms. The number of hydrogen-bond donors (Lipinski definition) is 0. The van der Waals surface area contributed by atoms with E-state index >= 15 is 0 Å². The number of benzene rings is 2. The molecule has 2 aromatic rings. The molecule has 0 spiro atoms. The Labute approximate surface area is 170 Å². The second-order valence-electron chi connectivity index (χ2n) is 6.43. The average molecular weight is 413 g/mol. The fourth-order valence-electron chi connectivity index (χ4n) is 3.05. The number of carbonyl (C=O) groups is 2. The van der Waals surface area contributed by atoms with Gasteiger partial charge < -0.3 is 14.4 Å². The van der Waals surface area contributed by atoms with Crippen LogP contribution >= 0.6 is 0 Å². The third-order valence-corrected chi connectivity index (χ3v) is 4.48. The lowest BCUT2D eigenvalue weighted by molar-refractivity contribution is -0.387. The Morgan fingerprint density at radius 3 is 2.77 bits per heavy atom. The molecule has 0 radical (unpaired) electrons. The second kappa shape index (κ2) is 8.57. The number of nitro benzene ring substituents is 1. The van der Waals surface area contributed by atoms with Crippen molar-refractivity contribution >= 4 is 23.3 Å². The molecule has 1 aliphatic heterocycles. The van der Waals surface area contributed by atoms with Crippen LogP contribution in [0.4, 0.5) is 15.8 Å². The highest BCUT2D eigenvalue weighted by Crippen LogP contribution is 2.32. The Kier molecular flexibility index (Phi) is 5.92. The van der Waals surface area contributed by atoms with Gasteiger partial charge in [-0.05, 0) is 31.2 Å². The van der Waals surface area contributed by atoms with Crippen molar-refractivity contribution in [3.8, 4) is 17.6 Å². The quantitative estimate of drug-likeness (QED) is 0.309. The van der Waals surface area contributed by atoms with Crippen LogP contribution in [0.5, 0.6) is 11.5 Å². The highest BCUT2D eigenvalue weighted by atomic mass is 19.1. The first kappa shape index (κ1) is 20.7. The molecule has 1 fully saturated rings. The standard InChI is InChI=1S/C20H16FN3O6/c1-2-29-18-7-12(10-22)3-6-17(18)30-20(26)13-8-19(25)23(11-13)14-4-5-15(21)16(9-14)24(27)28/h3-7,9,13H,2,8,11H2,1H3. The van der Waals surface area contributed by atoms with E-state index in [0.717, 1.165) is 12.1 Å². The topological polar surface area (TPSA) is 123 Å². The zero-order chi connectivity index (χ0) is 21.8. The van der Waals surface area contributed by atoms with Gasteiger partial charge in [0.25, 0.3) is 0 Å². The summed E-state index contributed by atoms with van der Waals surface area (Å²) < 4.78 is 24.3. The lowest BCUT2D eigenvalue weighted by Crippen LogP contribution is -2.27. The van der Waals surface area contributed by atoms with E-state index < -0.39 is 34.2 Å². The van der Waals surface area contributed by atoms with Gasteiger partial charge in [0.2, 0.25) is 11.7 Å². The summed E-state index contributed by atoms with van der Waals surface area (Å²) in [5, 5.41) is 19.9. The summed E-state index contributed by atoms with van der Waals surface area (Å²) in [5.41, 5.74) is -0.305. The van der Waals surface area contributed by atoms with Crippen molar-refractivity contribution in [3.63, 3.8) is 0 Å². The third kappa shape index (κ3) is 4.20. The molecule has 1 atom stereocenters. The Bertz CT molecular complexity index is 1060. The van der Waals surface area contributed by atoms with Gasteiger partial charge in [-0.25, -0.2) is 0 Å². The van der Waals surface area contributed by atoms with Crippen LogP contribution in [0.1, 0.15) is 18.9 Å². The molecule has 0 aromatic heterocycles. The number of anilines is 1. The highest BCUT2D eigenvalue weighted by Gasteiger charge is 2.37. The van der Waals surface area contributed by atoms with Gasteiger partial charge in [-0.1, -0.05) is 0 Å². The van der Waals surface area contributed by atoms with E-state index in [4.69, 9.17) is 14.7 Å². The molecule has 1 heterocycles. The number of esters is 1. The average Bonchev–Trinajstić information content (AvgIpc) is 3.11. The number of ether oxygens (including phenoxy) is 2. The predicted octanol–water partition coefficient (Wildman–Crippen LogP) is 2.96. The Balaban J connectivity index is 1.77. The van der Waals surface area contributed by atoms with E-state index in [-0.39, 0.29) is 30.2 Å². The molecule has 0 N–H and O–H groups in total. The predicted molar refractivity (Wildman–Crippen MR) is 101 cm³/mol. The minimum Gasteiger partial charge on any atom is -0.490 e. The number of nitrogens with zero attached hydrogens (tertiary/aromatic N) is 3. The summed E-state index contributed by atoms with van der Waals surface area (Å²) in [5.74, 6) is -2.64. The molecule has 1 aliphatic rings. The van der Waals surface area contributed by atoms with E-state index in [9.17, 15) is 24.1 Å². The molecule has 9 nitrogen and oxygen atoms in total. The van der Waals surface area contributed by atoms with E-state index in [1.165, 1.54) is 29.2 Å². The number of carbonyl (C=O) groups excluding carboxylic acids is 2. The maximum absolute atomic E-state index is 13.6. The Morgan fingerprint density at radius 2 is 2.10 bits per heavy atom. The smallest absolute Gasteiger partial charge is 0.316 e. The second-order valence-corrected chi connectivity index (χ2v) is 6.43. The number of amides is 1. The summed E-state index contributed by atoms with van der Waals surface area (Å²) in [6.45, 7) is 1.96. The number of hydrogen-bond acceptors (Lipinski definition) is 7. The normalized spacial score (nSPS) is 15.6. The number of rotatable bonds is 6. The lowest BCUT2D eigenvalue weighted by Gasteiger charge is -2.17. The van der Waals surface area contributed by atoms with E-state index in [0.29, 0.717) is 12.2 Å². The van der Waals surface area contributed by atoms with Gasteiger partial charge in [0.05, 0.1) is 34.8 Å². The Hall–Kier alpha value is -4.00. The Morgan fingerprint density at radius 1 is 1.33 bits per heavy atom. The summed E-state index contributed by atoms with van der Waals surface area (Å²) >= 11 is 0. The van der Waals surface area contributed by atoms with Gasteiger partial charge in [-0.3, -0.25) is 19.7 Å². The molecular weight excluding hydrogens is 397 g/mol. The van der Waals surface area contributed by atoms with Crippen LogP contribution in [-0.4, -0.2) is 30.0 Å². The zero-order valence-corrected chi connectivity index (χ0v) is 15.8. The fourth-order valence-corrected chi connectivity index (χ4v) is 3.05. The van der Waals surface area contributed by atoms with Crippen molar-refractivity contribution in [2.45, 2.75) is 13.3 Å². The van der Waals surface area contributed by atoms with Crippen molar-refractivity contribution < 1.29 is 28.4 Å². The van der Waals surface area contributed by atoms with Crippen molar-refractivity contribution in [2.75, 3.05) is 18.1 Å². The van der Waals surface area contributed by atoms with Gasteiger partial charge >= 0.3 is 11.7 Å². The molecule has 30 heavy (non-hydrogen) atoms. The maximum atomic E-state index is 13.6. The fraction of sp³-hybridized carbons (Fsp3) is 0.250. The van der Waals surface area contributed by atoms with Crippen LogP contribution in [0.25, 0.3) is 0 Å². The molecule has 0 bridgehead atoms. The van der Waals surface area contributed by atoms with Crippen LogP contribution in [0.2, 0.25) is 0 Å². The minimum atomic E-state index is -1.02. The number of halogens is 1. The minimum absolute atomic E-state index is 0.0687. The molecule has 154 valence electrons. The van der Waals surface area contributed by atoms with Crippen LogP contribution in [0.3, 0.4) is 0 Å². The largest absolute Gasteiger partial charge is 0.490 e. The molecule has 2 aromatic carbocycles. The van der Waals surface area contributed by atoms with Crippen LogP contribution in [0.15, 0.2) is 36.4 Å². The highest BCUT2D eigenvalue weighted by molar-refractivity contribution is 6.00. The summed E-state index contributed by atoms with van der Waals surface area (Å²) in [6.07, 6.45) is -0.162. The summed E-state index contributed by atoms with van der Waals surface area (Å²) in [4.78, 5) is 36.2. The van der Waals surface area contributed by atoms with Gasteiger partial charge in [-0.15, -0.1) is 0 Å². The summed E-state index contributed by atoms with van der Waals surface area (Å²) in [7, 11) is 0. The van der Waals surface area contributed by atoms with Gasteiger partial charge in [0.15, 0.2) is 11.5 Å². The first-order chi connectivity index (χ1) is 14.3. The molecule has 3 rings (SSSR count). The van der Waals surface area contributed by atoms with Gasteiger partial charge in [0.1, 0.15) is 0 Å². The molecule has 1 saturated heterocycles. The monoisotopic (exact) mass is 413 g/mol. The van der Waals surface area contributed by atoms with E-state index in [1.807, 2.05) is 6.07 Å². The first-order valence-corrected chi connectivity index (χ1v) is 8.97. The van der Waals surface area contributed by atoms with Crippen LogP contribution in [-0.2, 0) is 9.59 Å². The molecular formula is C20H16FN3O6.